The largest absolute Gasteiger partial charge is 0.497 e. The van der Waals surface area contributed by atoms with E-state index in [0.717, 1.165) is 22.8 Å². The maximum absolute atomic E-state index is 12.7. The minimum Gasteiger partial charge on any atom is -0.497 e. The lowest BCUT2D eigenvalue weighted by molar-refractivity contribution is -0.152. The second-order valence-electron chi connectivity index (χ2n) is 6.01. The van der Waals surface area contributed by atoms with Gasteiger partial charge in [-0.05, 0) is 48.9 Å². The van der Waals surface area contributed by atoms with Crippen LogP contribution in [0.2, 0.25) is 0 Å². The third-order valence-corrected chi connectivity index (χ3v) is 4.06. The number of likely N-dealkylation sites (N-methyl/N-ethyl adjacent to an activating group) is 1. The van der Waals surface area contributed by atoms with Crippen LogP contribution in [0.4, 0.5) is 0 Å². The van der Waals surface area contributed by atoms with Gasteiger partial charge in [-0.2, -0.15) is 0 Å². The average Bonchev–Trinajstić information content (AvgIpc) is 3.24. The zero-order valence-electron chi connectivity index (χ0n) is 14.0. The van der Waals surface area contributed by atoms with E-state index in [0.29, 0.717) is 13.0 Å². The van der Waals surface area contributed by atoms with Crippen LogP contribution >= 0.6 is 0 Å². The summed E-state index contributed by atoms with van der Waals surface area (Å²) in [6.07, 6.45) is 2.01. The summed E-state index contributed by atoms with van der Waals surface area (Å²) in [7, 11) is 3.35. The molecule has 2 aromatic rings. The number of hydrogen-bond donors (Lipinski definition) is 0. The van der Waals surface area contributed by atoms with E-state index in [4.69, 9.17) is 14.0 Å². The van der Waals surface area contributed by atoms with E-state index in [1.54, 1.807) is 38.3 Å². The number of furan rings is 1. The third kappa shape index (κ3) is 3.13. The molecule has 0 unspecified atom stereocenters. The van der Waals surface area contributed by atoms with Crippen LogP contribution in [-0.4, -0.2) is 36.3 Å². The lowest BCUT2D eigenvalue weighted by Gasteiger charge is -2.26. The molecule has 24 heavy (non-hydrogen) atoms. The lowest BCUT2D eigenvalue weighted by Crippen LogP contribution is -2.45. The normalized spacial score (nSPS) is 19.5. The summed E-state index contributed by atoms with van der Waals surface area (Å²) in [5.74, 6) is 1.37. The first-order valence-corrected chi connectivity index (χ1v) is 7.69. The summed E-state index contributed by atoms with van der Waals surface area (Å²) in [6.45, 7) is 2.15. The Balaban J connectivity index is 1.67. The number of ether oxygens (including phenoxy) is 1. The second kappa shape index (κ2) is 6.39. The first-order valence-electron chi connectivity index (χ1n) is 7.69. The summed E-state index contributed by atoms with van der Waals surface area (Å²) in [5.41, 5.74) is 0.664. The van der Waals surface area contributed by atoms with E-state index >= 15 is 0 Å². The highest BCUT2D eigenvalue weighted by Crippen LogP contribution is 2.29. The molecular formula is C18H20N2O4. The van der Waals surface area contributed by atoms with Gasteiger partial charge < -0.3 is 18.9 Å². The minimum absolute atomic E-state index is 0.133. The molecular weight excluding hydrogens is 308 g/mol. The van der Waals surface area contributed by atoms with Gasteiger partial charge >= 0.3 is 0 Å². The standard InChI is InChI=1S/C18H20N2O4/c1-18(17(21)20(2)12-15-5-4-10-23-15)11-16(19-24-18)13-6-8-14(22-3)9-7-13/h4-10H,11-12H2,1-3H3/t18-/m1/s1. The van der Waals surface area contributed by atoms with Crippen LogP contribution in [0.25, 0.3) is 0 Å². The first kappa shape index (κ1) is 16.1. The molecule has 6 heteroatoms. The van der Waals surface area contributed by atoms with Crippen LogP contribution in [0, 0.1) is 0 Å². The van der Waals surface area contributed by atoms with Crippen molar-refractivity contribution in [2.24, 2.45) is 5.16 Å². The van der Waals surface area contributed by atoms with Crippen molar-refractivity contribution < 1.29 is 18.8 Å². The zero-order chi connectivity index (χ0) is 17.2. The quantitative estimate of drug-likeness (QED) is 0.846. The van der Waals surface area contributed by atoms with E-state index < -0.39 is 5.60 Å². The highest BCUT2D eigenvalue weighted by atomic mass is 16.7. The molecule has 1 aromatic carbocycles. The van der Waals surface area contributed by atoms with Crippen LogP contribution in [0.15, 0.2) is 52.2 Å². The Morgan fingerprint density at radius 2 is 2.08 bits per heavy atom. The van der Waals surface area contributed by atoms with Crippen LogP contribution in [-0.2, 0) is 16.2 Å². The van der Waals surface area contributed by atoms with E-state index in [9.17, 15) is 4.79 Å². The Morgan fingerprint density at radius 3 is 2.71 bits per heavy atom. The SMILES string of the molecule is COc1ccc(C2=NO[C@@](C)(C(=O)N(C)Cc3ccco3)C2)cc1. The highest BCUT2D eigenvalue weighted by molar-refractivity contribution is 6.05. The van der Waals surface area contributed by atoms with Crippen LogP contribution in [0.3, 0.4) is 0 Å². The summed E-state index contributed by atoms with van der Waals surface area (Å²) >= 11 is 0. The smallest absolute Gasteiger partial charge is 0.269 e. The van der Waals surface area contributed by atoms with Crippen LogP contribution in [0.1, 0.15) is 24.7 Å². The molecule has 0 radical (unpaired) electrons. The van der Waals surface area contributed by atoms with Gasteiger partial charge in [0.1, 0.15) is 11.5 Å². The van der Waals surface area contributed by atoms with E-state index in [-0.39, 0.29) is 5.91 Å². The van der Waals surface area contributed by atoms with Gasteiger partial charge in [0.05, 0.1) is 25.6 Å². The van der Waals surface area contributed by atoms with Crippen LogP contribution < -0.4 is 4.74 Å². The molecule has 0 spiro atoms. The average molecular weight is 328 g/mol. The van der Waals surface area contributed by atoms with Crippen molar-refractivity contribution in [1.82, 2.24) is 4.90 Å². The summed E-state index contributed by atoms with van der Waals surface area (Å²) in [5, 5.41) is 4.12. The predicted octanol–water partition coefficient (Wildman–Crippen LogP) is 2.83. The van der Waals surface area contributed by atoms with Crippen molar-refractivity contribution in [2.75, 3.05) is 14.2 Å². The predicted molar refractivity (Wildman–Crippen MR) is 88.8 cm³/mol. The third-order valence-electron chi connectivity index (χ3n) is 4.06. The summed E-state index contributed by atoms with van der Waals surface area (Å²) < 4.78 is 10.4. The number of rotatable bonds is 5. The minimum atomic E-state index is -1.00. The highest BCUT2D eigenvalue weighted by Gasteiger charge is 2.44. The number of nitrogens with zero attached hydrogens (tertiary/aromatic N) is 2. The molecule has 2 heterocycles. The Labute approximate surface area is 140 Å². The molecule has 6 nitrogen and oxygen atoms in total. The van der Waals surface area contributed by atoms with Gasteiger partial charge in [0.15, 0.2) is 0 Å². The maximum Gasteiger partial charge on any atom is 0.269 e. The Hall–Kier alpha value is -2.76. The lowest BCUT2D eigenvalue weighted by atomic mass is 9.94. The van der Waals surface area contributed by atoms with Crippen molar-refractivity contribution in [1.29, 1.82) is 0 Å². The molecule has 0 fully saturated rings. The number of carbonyl (C=O) groups is 1. The van der Waals surface area contributed by atoms with Gasteiger partial charge in [0.25, 0.3) is 5.91 Å². The number of methoxy groups -OCH3 is 1. The molecule has 1 amide bonds. The fraction of sp³-hybridized carbons (Fsp3) is 0.333. The maximum atomic E-state index is 12.7. The molecule has 0 bridgehead atoms. The van der Waals surface area contributed by atoms with Crippen molar-refractivity contribution in [2.45, 2.75) is 25.5 Å². The van der Waals surface area contributed by atoms with Gasteiger partial charge in [-0.1, -0.05) is 5.16 Å². The molecule has 3 rings (SSSR count). The summed E-state index contributed by atoms with van der Waals surface area (Å²) in [4.78, 5) is 19.8. The van der Waals surface area contributed by atoms with Crippen molar-refractivity contribution in [3.05, 3.63) is 54.0 Å². The van der Waals surface area contributed by atoms with Gasteiger partial charge in [0, 0.05) is 13.5 Å². The Kier molecular flexibility index (Phi) is 4.29. The van der Waals surface area contributed by atoms with Crippen molar-refractivity contribution in [3.63, 3.8) is 0 Å². The van der Waals surface area contributed by atoms with Crippen molar-refractivity contribution >= 4 is 11.6 Å². The Morgan fingerprint density at radius 1 is 1.33 bits per heavy atom. The number of benzene rings is 1. The number of hydrogen-bond acceptors (Lipinski definition) is 5. The topological polar surface area (TPSA) is 64.3 Å². The molecule has 0 saturated carbocycles. The molecule has 126 valence electrons. The van der Waals surface area contributed by atoms with E-state index in [2.05, 4.69) is 5.16 Å². The molecule has 1 atom stereocenters. The molecule has 0 saturated heterocycles. The zero-order valence-corrected chi connectivity index (χ0v) is 14.0. The number of amides is 1. The number of oxime groups is 1. The first-order chi connectivity index (χ1) is 11.5. The number of carbonyl (C=O) groups excluding carboxylic acids is 1. The monoisotopic (exact) mass is 328 g/mol. The van der Waals surface area contributed by atoms with Gasteiger partial charge in [0.2, 0.25) is 5.60 Å². The van der Waals surface area contributed by atoms with Gasteiger partial charge in [-0.25, -0.2) is 0 Å². The fourth-order valence-electron chi connectivity index (χ4n) is 2.70. The Bertz CT molecular complexity index is 737. The molecule has 0 N–H and O–H groups in total. The molecule has 1 aromatic heterocycles. The van der Waals surface area contributed by atoms with E-state index in [1.807, 2.05) is 30.3 Å². The second-order valence-corrected chi connectivity index (χ2v) is 6.01. The molecule has 1 aliphatic heterocycles. The molecule has 1 aliphatic rings. The summed E-state index contributed by atoms with van der Waals surface area (Å²) in [6, 6.07) is 11.2. The van der Waals surface area contributed by atoms with Gasteiger partial charge in [-0.3, -0.25) is 4.79 Å². The molecule has 0 aliphatic carbocycles. The van der Waals surface area contributed by atoms with Crippen molar-refractivity contribution in [3.8, 4) is 5.75 Å². The van der Waals surface area contributed by atoms with E-state index in [1.165, 1.54) is 0 Å². The fourth-order valence-corrected chi connectivity index (χ4v) is 2.70. The van der Waals surface area contributed by atoms with Gasteiger partial charge in [-0.15, -0.1) is 0 Å². The van der Waals surface area contributed by atoms with Crippen LogP contribution in [0.5, 0.6) is 5.75 Å².